The second kappa shape index (κ2) is 10.1. The molecule has 7 nitrogen and oxygen atoms in total. The van der Waals surface area contributed by atoms with Crippen LogP contribution >= 0.6 is 0 Å². The van der Waals surface area contributed by atoms with Crippen LogP contribution in [0.1, 0.15) is 70.3 Å². The molecule has 3 aliphatic heterocycles. The van der Waals surface area contributed by atoms with Crippen molar-refractivity contribution in [2.24, 2.45) is 0 Å². The van der Waals surface area contributed by atoms with Gasteiger partial charge in [0.15, 0.2) is 6.61 Å². The summed E-state index contributed by atoms with van der Waals surface area (Å²) in [5.41, 5.74) is 1.17. The molecular weight excluding hydrogens is 428 g/mol. The summed E-state index contributed by atoms with van der Waals surface area (Å²) < 4.78 is 40.8. The van der Waals surface area contributed by atoms with Gasteiger partial charge in [0.25, 0.3) is 5.91 Å². The van der Waals surface area contributed by atoms with Gasteiger partial charge in [-0.3, -0.25) is 4.79 Å². The van der Waals surface area contributed by atoms with E-state index in [2.05, 4.69) is 10.8 Å². The Labute approximate surface area is 191 Å². The second-order valence-corrected chi connectivity index (χ2v) is 11.5. The highest BCUT2D eigenvalue weighted by atomic mass is 32.2. The van der Waals surface area contributed by atoms with Crippen molar-refractivity contribution in [2.75, 3.05) is 19.8 Å². The average molecular weight is 465 g/mol. The van der Waals surface area contributed by atoms with Crippen LogP contribution in [0.4, 0.5) is 0 Å². The van der Waals surface area contributed by atoms with Gasteiger partial charge in [0, 0.05) is 12.6 Å². The van der Waals surface area contributed by atoms with Crippen molar-refractivity contribution in [1.29, 1.82) is 0 Å². The zero-order valence-corrected chi connectivity index (χ0v) is 20.0. The largest absolute Gasteiger partial charge is 0.483 e. The van der Waals surface area contributed by atoms with Gasteiger partial charge in [-0.25, -0.2) is 13.1 Å². The number of hydrogen-bond donors (Lipinski definition) is 1. The normalized spacial score (nSPS) is 30.2. The number of sulfonamides is 1. The summed E-state index contributed by atoms with van der Waals surface area (Å²) in [5, 5.41) is -0.473. The maximum atomic E-state index is 13.2. The molecule has 32 heavy (non-hydrogen) atoms. The van der Waals surface area contributed by atoms with Gasteiger partial charge < -0.3 is 14.4 Å². The predicted molar refractivity (Wildman–Crippen MR) is 123 cm³/mol. The molecule has 2 fully saturated rings. The lowest BCUT2D eigenvalue weighted by Gasteiger charge is -2.42. The fraction of sp³-hybridized carbons (Fsp3) is 0.708. The molecule has 1 saturated carbocycles. The van der Waals surface area contributed by atoms with E-state index in [1.165, 1.54) is 5.56 Å². The summed E-state index contributed by atoms with van der Waals surface area (Å²) in [6.07, 6.45) is 6.11. The third-order valence-electron chi connectivity index (χ3n) is 7.41. The first kappa shape index (κ1) is 23.5. The van der Waals surface area contributed by atoms with Gasteiger partial charge in [0.05, 0.1) is 24.0 Å². The lowest BCUT2D eigenvalue weighted by Crippen LogP contribution is -2.60. The third kappa shape index (κ3) is 5.13. The summed E-state index contributed by atoms with van der Waals surface area (Å²) in [6, 6.07) is 7.35. The molecule has 1 N–H and O–H groups in total. The number of nitrogens with zero attached hydrogens (tertiary/aromatic N) is 1. The van der Waals surface area contributed by atoms with E-state index >= 15 is 0 Å². The molecule has 1 amide bonds. The Balaban J connectivity index is 1.59. The summed E-state index contributed by atoms with van der Waals surface area (Å²) in [6.45, 7) is 4.48. The molecule has 178 valence electrons. The minimum Gasteiger partial charge on any atom is -0.483 e. The van der Waals surface area contributed by atoms with Crippen LogP contribution in [0, 0.1) is 0 Å². The lowest BCUT2D eigenvalue weighted by atomic mass is 9.82. The molecule has 0 spiro atoms. The van der Waals surface area contributed by atoms with E-state index in [4.69, 9.17) is 9.47 Å². The smallest absolute Gasteiger partial charge is 0.260 e. The quantitative estimate of drug-likeness (QED) is 0.740. The molecule has 1 aromatic rings. The first-order valence-corrected chi connectivity index (χ1v) is 13.6. The lowest BCUT2D eigenvalue weighted by molar-refractivity contribution is -0.140. The molecule has 3 heterocycles. The van der Waals surface area contributed by atoms with E-state index < -0.39 is 15.3 Å². The molecule has 1 saturated heterocycles. The van der Waals surface area contributed by atoms with Crippen LogP contribution in [0.25, 0.3) is 0 Å². The highest BCUT2D eigenvalue weighted by Crippen LogP contribution is 2.39. The molecule has 1 aliphatic carbocycles. The Morgan fingerprint density at radius 3 is 2.66 bits per heavy atom. The summed E-state index contributed by atoms with van der Waals surface area (Å²) >= 11 is 0. The van der Waals surface area contributed by atoms with Crippen molar-refractivity contribution in [3.8, 4) is 5.75 Å². The predicted octanol–water partition coefficient (Wildman–Crippen LogP) is 3.20. The van der Waals surface area contributed by atoms with E-state index in [0.29, 0.717) is 31.9 Å². The van der Waals surface area contributed by atoms with Crippen LogP contribution in [0.5, 0.6) is 5.75 Å². The summed E-state index contributed by atoms with van der Waals surface area (Å²) in [4.78, 5) is 15.0. The molecular formula is C24H36N2O5S. The monoisotopic (exact) mass is 464 g/mol. The number of fused-ring (bicyclic) bond motifs is 5. The second-order valence-electron chi connectivity index (χ2n) is 9.42. The molecule has 1 aromatic carbocycles. The Hall–Kier alpha value is -1.64. The van der Waals surface area contributed by atoms with Gasteiger partial charge in [0.2, 0.25) is 10.0 Å². The fourth-order valence-electron chi connectivity index (χ4n) is 5.20. The number of nitrogens with one attached hydrogen (secondary N) is 1. The molecule has 3 atom stereocenters. The Morgan fingerprint density at radius 1 is 1.16 bits per heavy atom. The van der Waals surface area contributed by atoms with Crippen molar-refractivity contribution in [3.05, 3.63) is 29.8 Å². The number of piperidine rings is 1. The number of rotatable bonds is 4. The van der Waals surface area contributed by atoms with Gasteiger partial charge in [-0.2, -0.15) is 0 Å². The first-order valence-electron chi connectivity index (χ1n) is 12.0. The Kier molecular flexibility index (Phi) is 7.42. The molecule has 2 bridgehead atoms. The zero-order chi connectivity index (χ0) is 22.7. The van der Waals surface area contributed by atoms with E-state index in [-0.39, 0.29) is 30.7 Å². The number of carbonyl (C=O) groups excluding carboxylic acids is 1. The number of para-hydroxylation sites is 1. The number of benzene rings is 1. The maximum absolute atomic E-state index is 13.2. The SMILES string of the molecule is CCC(C)S(=O)(=O)NC1CCCN2C(=O)COc3ccccc3C3CCC(CC3)OCC12. The van der Waals surface area contributed by atoms with Gasteiger partial charge >= 0.3 is 0 Å². The number of carbonyl (C=O) groups is 1. The number of ether oxygens (including phenoxy) is 2. The zero-order valence-electron chi connectivity index (χ0n) is 19.2. The molecule has 0 radical (unpaired) electrons. The molecule has 4 aliphatic rings. The van der Waals surface area contributed by atoms with Gasteiger partial charge in [-0.1, -0.05) is 25.1 Å². The van der Waals surface area contributed by atoms with Crippen LogP contribution < -0.4 is 9.46 Å². The minimum atomic E-state index is -3.46. The van der Waals surface area contributed by atoms with E-state index in [9.17, 15) is 13.2 Å². The first-order chi connectivity index (χ1) is 15.4. The highest BCUT2D eigenvalue weighted by molar-refractivity contribution is 7.90. The Morgan fingerprint density at radius 2 is 1.91 bits per heavy atom. The maximum Gasteiger partial charge on any atom is 0.260 e. The van der Waals surface area contributed by atoms with Crippen molar-refractivity contribution in [1.82, 2.24) is 9.62 Å². The summed E-state index contributed by atoms with van der Waals surface area (Å²) in [7, 11) is -3.46. The Bertz CT molecular complexity index is 897. The average Bonchev–Trinajstić information content (AvgIpc) is 2.82. The van der Waals surface area contributed by atoms with E-state index in [1.54, 1.807) is 11.8 Å². The van der Waals surface area contributed by atoms with Crippen molar-refractivity contribution >= 4 is 15.9 Å². The summed E-state index contributed by atoms with van der Waals surface area (Å²) in [5.74, 6) is 1.08. The van der Waals surface area contributed by atoms with Crippen molar-refractivity contribution in [2.45, 2.75) is 88.1 Å². The van der Waals surface area contributed by atoms with Crippen LogP contribution in [0.2, 0.25) is 0 Å². The van der Waals surface area contributed by atoms with Gasteiger partial charge in [-0.15, -0.1) is 0 Å². The fourth-order valence-corrected chi connectivity index (χ4v) is 6.57. The van der Waals surface area contributed by atoms with Crippen LogP contribution in [0.3, 0.4) is 0 Å². The van der Waals surface area contributed by atoms with Crippen molar-refractivity contribution in [3.63, 3.8) is 0 Å². The van der Waals surface area contributed by atoms with Gasteiger partial charge in [0.1, 0.15) is 5.75 Å². The van der Waals surface area contributed by atoms with Crippen LogP contribution in [-0.2, 0) is 19.6 Å². The van der Waals surface area contributed by atoms with Gasteiger partial charge in [-0.05, 0) is 69.4 Å². The van der Waals surface area contributed by atoms with Crippen LogP contribution in [0.15, 0.2) is 24.3 Å². The molecule has 3 unspecified atom stereocenters. The third-order valence-corrected chi connectivity index (χ3v) is 9.43. The molecule has 0 aromatic heterocycles. The molecule has 8 heteroatoms. The van der Waals surface area contributed by atoms with Crippen LogP contribution in [-0.4, -0.2) is 62.4 Å². The number of hydrogen-bond acceptors (Lipinski definition) is 5. The number of amides is 1. The van der Waals surface area contributed by atoms with E-state index in [1.807, 2.05) is 25.1 Å². The highest BCUT2D eigenvalue weighted by Gasteiger charge is 2.39. The standard InChI is InChI=1S/C24H36N2O5S/c1-3-17(2)32(28,29)25-21-8-6-14-26-22(21)15-30-19-12-10-18(11-13-19)20-7-4-5-9-23(20)31-16-24(26)27/h4-5,7,9,17-19,21-22,25H,3,6,8,10-16H2,1-2H3. The topological polar surface area (TPSA) is 84.9 Å². The van der Waals surface area contributed by atoms with Crippen molar-refractivity contribution < 1.29 is 22.7 Å². The van der Waals surface area contributed by atoms with E-state index in [0.717, 1.165) is 37.9 Å². The minimum absolute atomic E-state index is 0.0471. The molecule has 5 rings (SSSR count).